The van der Waals surface area contributed by atoms with Crippen molar-refractivity contribution in [2.24, 2.45) is 0 Å². The average molecular weight is 521 g/mol. The van der Waals surface area contributed by atoms with Crippen LogP contribution in [0, 0.1) is 17.4 Å². The fourth-order valence-electron chi connectivity index (χ4n) is 4.41. The smallest absolute Gasteiger partial charge is 0.339 e. The quantitative estimate of drug-likeness (QED) is 0.481. The Morgan fingerprint density at radius 3 is 2.48 bits per heavy atom. The summed E-state index contributed by atoms with van der Waals surface area (Å²) in [5.41, 5.74) is 3.92. The highest BCUT2D eigenvalue weighted by atomic mass is 127. The van der Waals surface area contributed by atoms with Gasteiger partial charge in [0.05, 0.1) is 13.0 Å². The van der Waals surface area contributed by atoms with Gasteiger partial charge in [0, 0.05) is 34.6 Å². The second-order valence-electron chi connectivity index (χ2n) is 7.87. The maximum absolute atomic E-state index is 13.5. The minimum Gasteiger partial charge on any atom is -0.464 e. The van der Waals surface area contributed by atoms with Crippen molar-refractivity contribution in [1.82, 2.24) is 4.90 Å². The predicted octanol–water partition coefficient (Wildman–Crippen LogP) is 3.97. The van der Waals surface area contributed by atoms with Crippen LogP contribution in [0.4, 0.5) is 8.78 Å². The van der Waals surface area contributed by atoms with Crippen LogP contribution >= 0.6 is 22.6 Å². The topological polar surface area (TPSA) is 66.8 Å². The van der Waals surface area contributed by atoms with Gasteiger partial charge in [0.1, 0.15) is 0 Å². The summed E-state index contributed by atoms with van der Waals surface area (Å²) in [4.78, 5) is 26.7. The van der Waals surface area contributed by atoms with Crippen LogP contribution in [-0.4, -0.2) is 40.5 Å². The van der Waals surface area contributed by atoms with Gasteiger partial charge in [-0.25, -0.2) is 13.6 Å². The number of esters is 1. The zero-order chi connectivity index (χ0) is 21.5. The molecule has 29 heavy (non-hydrogen) atoms. The zero-order valence-electron chi connectivity index (χ0n) is 16.9. The van der Waals surface area contributed by atoms with Gasteiger partial charge in [-0.05, 0) is 78.5 Å². The normalized spacial score (nSPS) is 20.4. The van der Waals surface area contributed by atoms with E-state index < -0.39 is 18.0 Å². The average Bonchev–Trinajstić information content (AvgIpc) is 2.66. The number of alkyl halides is 2. The molecule has 1 heterocycles. The van der Waals surface area contributed by atoms with E-state index >= 15 is 0 Å². The third-order valence-corrected chi connectivity index (χ3v) is 7.52. The van der Waals surface area contributed by atoms with Gasteiger partial charge in [0.15, 0.2) is 6.10 Å². The summed E-state index contributed by atoms with van der Waals surface area (Å²) in [5.74, 6) is -3.43. The van der Waals surface area contributed by atoms with Gasteiger partial charge in [-0.3, -0.25) is 4.79 Å². The summed E-state index contributed by atoms with van der Waals surface area (Å²) >= 11 is 2.11. The first-order valence-electron chi connectivity index (χ1n) is 9.89. The minimum absolute atomic E-state index is 0.0898. The third-order valence-electron chi connectivity index (χ3n) is 6.13. The molecule has 1 atom stereocenters. The lowest BCUT2D eigenvalue weighted by Crippen LogP contribution is -2.47. The van der Waals surface area contributed by atoms with Crippen molar-refractivity contribution >= 4 is 34.5 Å². The predicted molar refractivity (Wildman–Crippen MR) is 112 cm³/mol. The van der Waals surface area contributed by atoms with Crippen LogP contribution in [-0.2, 0) is 27.3 Å². The molecule has 0 aromatic heterocycles. The minimum atomic E-state index is -2.63. The van der Waals surface area contributed by atoms with Gasteiger partial charge >= 0.3 is 5.97 Å². The van der Waals surface area contributed by atoms with E-state index in [-0.39, 0.29) is 37.8 Å². The molecule has 3 rings (SSSR count). The van der Waals surface area contributed by atoms with Crippen LogP contribution in [0.25, 0.3) is 0 Å². The Morgan fingerprint density at radius 2 is 1.90 bits per heavy atom. The van der Waals surface area contributed by atoms with E-state index in [0.29, 0.717) is 24.9 Å². The van der Waals surface area contributed by atoms with Crippen molar-refractivity contribution in [2.45, 2.75) is 77.5 Å². The first kappa shape index (κ1) is 22.4. The highest BCUT2D eigenvalue weighted by Crippen LogP contribution is 2.40. The number of aliphatic hydroxyl groups excluding tert-OH is 1. The molecule has 1 aromatic carbocycles. The molecule has 0 bridgehead atoms. The van der Waals surface area contributed by atoms with E-state index in [4.69, 9.17) is 4.74 Å². The van der Waals surface area contributed by atoms with Gasteiger partial charge < -0.3 is 14.7 Å². The number of hydrogen-bond donors (Lipinski definition) is 1. The fraction of sp³-hybridized carbons (Fsp3) is 0.619. The fourth-order valence-corrected chi connectivity index (χ4v) is 5.44. The largest absolute Gasteiger partial charge is 0.464 e. The lowest BCUT2D eigenvalue weighted by molar-refractivity contribution is -0.153. The molecule has 1 saturated carbocycles. The van der Waals surface area contributed by atoms with Crippen LogP contribution in [0.5, 0.6) is 0 Å². The Kier molecular flexibility index (Phi) is 6.53. The number of ether oxygens (including phenoxy) is 1. The molecule has 0 unspecified atom stereocenters. The van der Waals surface area contributed by atoms with Crippen molar-refractivity contribution in [3.63, 3.8) is 0 Å². The number of carbonyl (C=O) groups is 2. The Bertz CT molecular complexity index is 833. The van der Waals surface area contributed by atoms with Crippen LogP contribution in [0.3, 0.4) is 0 Å². The molecule has 8 heteroatoms. The summed E-state index contributed by atoms with van der Waals surface area (Å²) in [7, 11) is 0. The number of fused-ring (bicyclic) bond motifs is 1. The van der Waals surface area contributed by atoms with Gasteiger partial charge in [0.25, 0.3) is 0 Å². The van der Waals surface area contributed by atoms with E-state index in [1.54, 1.807) is 11.8 Å². The maximum Gasteiger partial charge on any atom is 0.339 e. The molecule has 1 aromatic rings. The zero-order valence-corrected chi connectivity index (χ0v) is 19.0. The molecule has 0 radical (unpaired) electrons. The SMILES string of the molecule is CCOC(=O)[C@@H](O)c1c(C)c2c(c(C)c1I)CN(C1CCC(F)(F)CC1)C(=O)C2. The van der Waals surface area contributed by atoms with Gasteiger partial charge in [-0.15, -0.1) is 0 Å². The summed E-state index contributed by atoms with van der Waals surface area (Å²) in [6.07, 6.45) is -1.01. The van der Waals surface area contributed by atoms with E-state index in [2.05, 4.69) is 22.6 Å². The van der Waals surface area contributed by atoms with Crippen LogP contribution in [0.15, 0.2) is 0 Å². The molecule has 5 nitrogen and oxygen atoms in total. The first-order chi connectivity index (χ1) is 13.6. The molecule has 0 saturated heterocycles. The molecule has 2 aliphatic rings. The lowest BCUT2D eigenvalue weighted by Gasteiger charge is -2.40. The lowest BCUT2D eigenvalue weighted by atomic mass is 9.84. The molecule has 0 spiro atoms. The number of nitrogens with zero attached hydrogens (tertiary/aromatic N) is 1. The first-order valence-corrected chi connectivity index (χ1v) is 11.0. The standard InChI is InChI=1S/C21H26F2INO4/c1-4-29-20(28)19(27)17-11(2)14-9-16(26)25(10-15(14)12(3)18(17)24)13-5-7-21(22,23)8-6-13/h13,19,27H,4-10H2,1-3H3/t19-/m0/s1. The van der Waals surface area contributed by atoms with E-state index in [0.717, 1.165) is 25.8 Å². The van der Waals surface area contributed by atoms with Crippen molar-refractivity contribution in [3.8, 4) is 0 Å². The maximum atomic E-state index is 13.5. The van der Waals surface area contributed by atoms with Gasteiger partial charge in [-0.1, -0.05) is 0 Å². The molecule has 1 amide bonds. The molecule has 1 N–H and O–H groups in total. The second kappa shape index (κ2) is 8.45. The van der Waals surface area contributed by atoms with E-state index in [1.807, 2.05) is 13.8 Å². The summed E-state index contributed by atoms with van der Waals surface area (Å²) in [5, 5.41) is 10.5. The Labute approximate surface area is 182 Å². The monoisotopic (exact) mass is 521 g/mol. The van der Waals surface area contributed by atoms with Crippen molar-refractivity contribution in [3.05, 3.63) is 31.4 Å². The Balaban J connectivity index is 1.94. The third kappa shape index (κ3) is 4.28. The molecule has 160 valence electrons. The highest BCUT2D eigenvalue weighted by Gasteiger charge is 2.40. The number of carbonyl (C=O) groups excluding carboxylic acids is 2. The number of amides is 1. The molecule has 1 fully saturated rings. The van der Waals surface area contributed by atoms with Crippen molar-refractivity contribution in [1.29, 1.82) is 0 Å². The number of aliphatic hydroxyl groups is 1. The Hall–Kier alpha value is -1.29. The van der Waals surface area contributed by atoms with Gasteiger partial charge in [-0.2, -0.15) is 0 Å². The van der Waals surface area contributed by atoms with E-state index in [9.17, 15) is 23.5 Å². The summed E-state index contributed by atoms with van der Waals surface area (Å²) in [6, 6.07) is -0.169. The van der Waals surface area contributed by atoms with Gasteiger partial charge in [0.2, 0.25) is 11.8 Å². The van der Waals surface area contributed by atoms with Crippen molar-refractivity contribution < 1.29 is 28.2 Å². The van der Waals surface area contributed by atoms with Crippen LogP contribution < -0.4 is 0 Å². The van der Waals surface area contributed by atoms with Crippen molar-refractivity contribution in [2.75, 3.05) is 6.61 Å². The summed E-state index contributed by atoms with van der Waals surface area (Å²) in [6.45, 7) is 5.94. The molecular weight excluding hydrogens is 495 g/mol. The number of hydrogen-bond acceptors (Lipinski definition) is 4. The van der Waals surface area contributed by atoms with Crippen LogP contribution in [0.2, 0.25) is 0 Å². The second-order valence-corrected chi connectivity index (χ2v) is 8.95. The van der Waals surface area contributed by atoms with E-state index in [1.165, 1.54) is 0 Å². The Morgan fingerprint density at radius 1 is 1.28 bits per heavy atom. The number of halogens is 3. The highest BCUT2D eigenvalue weighted by molar-refractivity contribution is 14.1. The summed E-state index contributed by atoms with van der Waals surface area (Å²) < 4.78 is 32.8. The number of benzene rings is 1. The van der Waals surface area contributed by atoms with Crippen LogP contribution in [0.1, 0.15) is 66.5 Å². The molecular formula is C21H26F2INO4. The molecule has 1 aliphatic heterocycles. The molecule has 1 aliphatic carbocycles. The number of rotatable bonds is 4.